The number of hydrogen-bond acceptors (Lipinski definition) is 3. The van der Waals surface area contributed by atoms with E-state index in [-0.39, 0.29) is 11.9 Å². The van der Waals surface area contributed by atoms with Crippen LogP contribution in [0.1, 0.15) is 36.0 Å². The summed E-state index contributed by atoms with van der Waals surface area (Å²) >= 11 is 0. The lowest BCUT2D eigenvalue weighted by molar-refractivity contribution is -0.253. The molecule has 1 aromatic carbocycles. The predicted octanol–water partition coefficient (Wildman–Crippen LogP) is 3.62. The molecule has 0 aromatic heterocycles. The lowest BCUT2D eigenvalue weighted by atomic mass is 10.1. The second-order valence-corrected chi connectivity index (χ2v) is 6.79. The fourth-order valence-electron chi connectivity index (χ4n) is 3.59. The molecule has 1 amide bonds. The van der Waals surface area contributed by atoms with Crippen molar-refractivity contribution in [1.29, 1.82) is 0 Å². The van der Waals surface area contributed by atoms with Gasteiger partial charge in [-0.05, 0) is 63.0 Å². The van der Waals surface area contributed by atoms with Crippen LogP contribution >= 0.6 is 0 Å². The van der Waals surface area contributed by atoms with Crippen LogP contribution in [0, 0.1) is 0 Å². The lowest BCUT2D eigenvalue weighted by Crippen LogP contribution is -2.42. The van der Waals surface area contributed by atoms with Gasteiger partial charge < -0.3 is 14.5 Å². The average molecular weight is 374 g/mol. The zero-order valence-electron chi connectivity index (χ0n) is 14.3. The van der Waals surface area contributed by atoms with Crippen molar-refractivity contribution in [2.75, 3.05) is 26.2 Å². The minimum atomic E-state index is -4.55. The van der Waals surface area contributed by atoms with Crippen LogP contribution in [-0.2, 0) is 0 Å². The van der Waals surface area contributed by atoms with Crippen molar-refractivity contribution in [3.8, 4) is 5.75 Å². The smallest absolute Gasteiger partial charge is 0.428 e. The van der Waals surface area contributed by atoms with E-state index in [1.54, 1.807) is 0 Å². The Labute approximate surface area is 149 Å². The fraction of sp³-hybridized carbons (Fsp3) is 0.611. The summed E-state index contributed by atoms with van der Waals surface area (Å²) < 4.78 is 54.2. The van der Waals surface area contributed by atoms with Crippen LogP contribution in [0.4, 0.5) is 17.6 Å². The number of alkyl halides is 4. The molecule has 2 heterocycles. The van der Waals surface area contributed by atoms with Crippen molar-refractivity contribution >= 4 is 5.91 Å². The number of nitrogens with zero attached hydrogens (tertiary/aromatic N) is 2. The Morgan fingerprint density at radius 2 is 1.77 bits per heavy atom. The summed E-state index contributed by atoms with van der Waals surface area (Å²) in [5.41, 5.74) is 0.339. The van der Waals surface area contributed by atoms with Gasteiger partial charge in [0.25, 0.3) is 5.91 Å². The number of likely N-dealkylation sites (tertiary alicyclic amines) is 2. The molecule has 0 radical (unpaired) electrons. The molecule has 2 aliphatic rings. The van der Waals surface area contributed by atoms with E-state index < -0.39 is 18.3 Å². The molecule has 2 saturated heterocycles. The van der Waals surface area contributed by atoms with Gasteiger partial charge in [-0.15, -0.1) is 0 Å². The number of halogens is 4. The van der Waals surface area contributed by atoms with E-state index in [1.165, 1.54) is 25.0 Å². The summed E-state index contributed by atoms with van der Waals surface area (Å²) in [7, 11) is 0. The predicted molar refractivity (Wildman–Crippen MR) is 87.8 cm³/mol. The molecule has 1 atom stereocenters. The second kappa shape index (κ2) is 7.82. The maximum Gasteiger partial charge on any atom is 0.461 e. The van der Waals surface area contributed by atoms with E-state index in [0.717, 1.165) is 44.6 Å². The fourth-order valence-corrected chi connectivity index (χ4v) is 3.59. The third-order valence-corrected chi connectivity index (χ3v) is 4.91. The first kappa shape index (κ1) is 18.9. The van der Waals surface area contributed by atoms with Crippen LogP contribution < -0.4 is 4.74 Å². The van der Waals surface area contributed by atoms with Gasteiger partial charge in [-0.3, -0.25) is 4.79 Å². The highest BCUT2D eigenvalue weighted by Gasteiger charge is 2.44. The van der Waals surface area contributed by atoms with E-state index in [4.69, 9.17) is 0 Å². The second-order valence-electron chi connectivity index (χ2n) is 6.79. The Hall–Kier alpha value is -1.83. The molecular weight excluding hydrogens is 352 g/mol. The Kier molecular flexibility index (Phi) is 5.70. The molecular formula is C18H22F4N2O2. The summed E-state index contributed by atoms with van der Waals surface area (Å²) in [5.74, 6) is -0.569. The number of carbonyl (C=O) groups excluding carboxylic acids is 1. The van der Waals surface area contributed by atoms with Crippen molar-refractivity contribution in [3.63, 3.8) is 0 Å². The van der Waals surface area contributed by atoms with Crippen molar-refractivity contribution < 1.29 is 27.1 Å². The van der Waals surface area contributed by atoms with Gasteiger partial charge in [0, 0.05) is 24.7 Å². The molecule has 3 rings (SSSR count). The van der Waals surface area contributed by atoms with Crippen LogP contribution in [0.2, 0.25) is 0 Å². The molecule has 0 saturated carbocycles. The number of carbonyl (C=O) groups is 1. The molecule has 2 aliphatic heterocycles. The largest absolute Gasteiger partial charge is 0.461 e. The minimum absolute atomic E-state index is 0.152. The highest BCUT2D eigenvalue weighted by atomic mass is 19.3. The van der Waals surface area contributed by atoms with Crippen molar-refractivity contribution in [2.45, 2.75) is 44.3 Å². The van der Waals surface area contributed by atoms with Crippen molar-refractivity contribution in [3.05, 3.63) is 29.8 Å². The summed E-state index contributed by atoms with van der Waals surface area (Å²) in [6, 6.07) is 5.07. The highest BCUT2D eigenvalue weighted by molar-refractivity contribution is 5.94. The standard InChI is InChI=1S/C18H22F4N2O2/c19-17(20)18(21,22)26-15-7-5-13(6-8-15)16(25)24-11-3-4-14(24)12-23-9-1-2-10-23/h5-8,14,17H,1-4,9-12H2. The molecule has 0 spiro atoms. The maximum absolute atomic E-state index is 12.9. The Bertz CT molecular complexity index is 618. The van der Waals surface area contributed by atoms with Gasteiger partial charge >= 0.3 is 12.5 Å². The lowest BCUT2D eigenvalue weighted by Gasteiger charge is -2.28. The van der Waals surface area contributed by atoms with E-state index in [0.29, 0.717) is 12.1 Å². The molecule has 26 heavy (non-hydrogen) atoms. The Morgan fingerprint density at radius 3 is 2.38 bits per heavy atom. The molecule has 8 heteroatoms. The quantitative estimate of drug-likeness (QED) is 0.713. The van der Waals surface area contributed by atoms with Gasteiger partial charge in [-0.25, -0.2) is 0 Å². The van der Waals surface area contributed by atoms with E-state index in [2.05, 4.69) is 9.64 Å². The number of ether oxygens (including phenoxy) is 1. The molecule has 2 fully saturated rings. The van der Waals surface area contributed by atoms with Crippen LogP contribution in [0.25, 0.3) is 0 Å². The average Bonchev–Trinajstić information content (AvgIpc) is 3.27. The first-order chi connectivity index (χ1) is 12.4. The Balaban J connectivity index is 1.63. The minimum Gasteiger partial charge on any atom is -0.428 e. The van der Waals surface area contributed by atoms with E-state index >= 15 is 0 Å². The molecule has 0 aliphatic carbocycles. The number of hydrogen-bond donors (Lipinski definition) is 0. The Morgan fingerprint density at radius 1 is 1.12 bits per heavy atom. The molecule has 1 aromatic rings. The summed E-state index contributed by atoms with van der Waals surface area (Å²) in [5, 5.41) is 0. The van der Waals surface area contributed by atoms with Crippen LogP contribution in [0.15, 0.2) is 24.3 Å². The van der Waals surface area contributed by atoms with Gasteiger partial charge in [0.05, 0.1) is 0 Å². The number of amides is 1. The van der Waals surface area contributed by atoms with Gasteiger partial charge in [-0.1, -0.05) is 0 Å². The molecule has 0 N–H and O–H groups in total. The maximum atomic E-state index is 12.9. The number of rotatable bonds is 6. The molecule has 1 unspecified atom stereocenters. The highest BCUT2D eigenvalue weighted by Crippen LogP contribution is 2.28. The van der Waals surface area contributed by atoms with Gasteiger partial charge in [0.15, 0.2) is 0 Å². The topological polar surface area (TPSA) is 32.8 Å². The van der Waals surface area contributed by atoms with Crippen molar-refractivity contribution in [1.82, 2.24) is 9.80 Å². The molecule has 144 valence electrons. The van der Waals surface area contributed by atoms with Gasteiger partial charge in [0.2, 0.25) is 0 Å². The first-order valence-electron chi connectivity index (χ1n) is 8.85. The zero-order chi connectivity index (χ0) is 18.7. The number of benzene rings is 1. The normalized spacial score (nSPS) is 21.6. The third kappa shape index (κ3) is 4.28. The van der Waals surface area contributed by atoms with E-state index in [1.807, 2.05) is 4.90 Å². The van der Waals surface area contributed by atoms with E-state index in [9.17, 15) is 22.4 Å². The van der Waals surface area contributed by atoms with Gasteiger partial charge in [0.1, 0.15) is 5.75 Å². The van der Waals surface area contributed by atoms with Gasteiger partial charge in [-0.2, -0.15) is 17.6 Å². The van der Waals surface area contributed by atoms with Crippen LogP contribution in [0.3, 0.4) is 0 Å². The monoisotopic (exact) mass is 374 g/mol. The van der Waals surface area contributed by atoms with Crippen LogP contribution in [0.5, 0.6) is 5.75 Å². The molecule has 4 nitrogen and oxygen atoms in total. The summed E-state index contributed by atoms with van der Waals surface area (Å²) in [6.45, 7) is 3.64. The molecule has 0 bridgehead atoms. The van der Waals surface area contributed by atoms with Crippen LogP contribution in [-0.4, -0.2) is 60.5 Å². The summed E-state index contributed by atoms with van der Waals surface area (Å²) in [4.78, 5) is 16.9. The zero-order valence-corrected chi connectivity index (χ0v) is 14.3. The van der Waals surface area contributed by atoms with Crippen molar-refractivity contribution in [2.24, 2.45) is 0 Å². The summed E-state index contributed by atoms with van der Waals surface area (Å²) in [6.07, 6.45) is -4.21. The first-order valence-corrected chi connectivity index (χ1v) is 8.85. The SMILES string of the molecule is O=C(c1ccc(OC(F)(F)C(F)F)cc1)N1CCCC1CN1CCCC1. The third-order valence-electron chi connectivity index (χ3n) is 4.91.